The van der Waals surface area contributed by atoms with Crippen LogP contribution in [-0.2, 0) is 22.6 Å². The zero-order valence-electron chi connectivity index (χ0n) is 23.9. The average Bonchev–Trinajstić information content (AvgIpc) is 3.63. The minimum Gasteiger partial charge on any atom is -0.352 e. The minimum atomic E-state index is -0.632. The molecule has 0 bridgehead atoms. The van der Waals surface area contributed by atoms with Gasteiger partial charge in [0.05, 0.1) is 5.69 Å². The SMILES string of the molecule is O=C(NC1CCCC1)C(Cc1ccccc1)N(Cc1ccccc1)C(=O)CCCN1C(=O)c2cccc3cccc1c23. The molecule has 4 aromatic rings. The maximum Gasteiger partial charge on any atom is 0.258 e. The lowest BCUT2D eigenvalue weighted by Gasteiger charge is -2.32. The first-order chi connectivity index (χ1) is 20.6. The third-order valence-electron chi connectivity index (χ3n) is 8.59. The molecular weight excluding hydrogens is 522 g/mol. The summed E-state index contributed by atoms with van der Waals surface area (Å²) >= 11 is 0. The summed E-state index contributed by atoms with van der Waals surface area (Å²) in [7, 11) is 0. The Balaban J connectivity index is 1.22. The molecule has 42 heavy (non-hydrogen) atoms. The van der Waals surface area contributed by atoms with Crippen LogP contribution in [0.1, 0.15) is 60.0 Å². The van der Waals surface area contributed by atoms with Crippen molar-refractivity contribution in [2.24, 2.45) is 0 Å². The van der Waals surface area contributed by atoms with Crippen LogP contribution >= 0.6 is 0 Å². The van der Waals surface area contributed by atoms with Gasteiger partial charge in [-0.2, -0.15) is 0 Å². The highest BCUT2D eigenvalue weighted by Crippen LogP contribution is 2.37. The topological polar surface area (TPSA) is 69.7 Å². The molecule has 0 spiro atoms. The highest BCUT2D eigenvalue weighted by Gasteiger charge is 2.33. The van der Waals surface area contributed by atoms with Gasteiger partial charge in [0.1, 0.15) is 6.04 Å². The Hall–Kier alpha value is -4.45. The monoisotopic (exact) mass is 559 g/mol. The molecule has 6 rings (SSSR count). The van der Waals surface area contributed by atoms with E-state index < -0.39 is 6.04 Å². The lowest BCUT2D eigenvalue weighted by molar-refractivity contribution is -0.141. The van der Waals surface area contributed by atoms with Gasteiger partial charge in [-0.25, -0.2) is 0 Å². The molecule has 4 aromatic carbocycles. The van der Waals surface area contributed by atoms with E-state index in [0.717, 1.165) is 53.3 Å². The molecule has 6 nitrogen and oxygen atoms in total. The van der Waals surface area contributed by atoms with Crippen molar-refractivity contribution in [3.63, 3.8) is 0 Å². The summed E-state index contributed by atoms with van der Waals surface area (Å²) in [5.41, 5.74) is 3.61. The Morgan fingerprint density at radius 3 is 2.21 bits per heavy atom. The summed E-state index contributed by atoms with van der Waals surface area (Å²) in [5.74, 6) is -0.191. The number of hydrogen-bond acceptors (Lipinski definition) is 3. The summed E-state index contributed by atoms with van der Waals surface area (Å²) in [6.07, 6.45) is 5.39. The van der Waals surface area contributed by atoms with Crippen LogP contribution in [0, 0.1) is 0 Å². The predicted octanol–water partition coefficient (Wildman–Crippen LogP) is 6.28. The van der Waals surface area contributed by atoms with Crippen molar-refractivity contribution in [2.45, 2.75) is 63.6 Å². The number of carbonyl (C=O) groups is 3. The lowest BCUT2D eigenvalue weighted by Crippen LogP contribution is -2.52. The van der Waals surface area contributed by atoms with Crippen LogP contribution in [0.25, 0.3) is 10.8 Å². The van der Waals surface area contributed by atoms with E-state index >= 15 is 0 Å². The number of carbonyl (C=O) groups excluding carboxylic acids is 3. The van der Waals surface area contributed by atoms with Gasteiger partial charge < -0.3 is 15.1 Å². The second kappa shape index (κ2) is 12.6. The fraction of sp³-hybridized carbons (Fsp3) is 0.306. The Labute approximate surface area is 247 Å². The minimum absolute atomic E-state index is 0.0201. The van der Waals surface area contributed by atoms with Gasteiger partial charge >= 0.3 is 0 Å². The van der Waals surface area contributed by atoms with Crippen LogP contribution in [0.2, 0.25) is 0 Å². The summed E-state index contributed by atoms with van der Waals surface area (Å²) in [6, 6.07) is 31.1. The molecule has 1 atom stereocenters. The quantitative estimate of drug-likeness (QED) is 0.235. The normalized spacial score (nSPS) is 15.2. The van der Waals surface area contributed by atoms with Crippen molar-refractivity contribution < 1.29 is 14.4 Å². The number of nitrogens with one attached hydrogen (secondary N) is 1. The average molecular weight is 560 g/mol. The van der Waals surface area contributed by atoms with Crippen LogP contribution in [0.3, 0.4) is 0 Å². The highest BCUT2D eigenvalue weighted by atomic mass is 16.2. The molecule has 214 valence electrons. The molecule has 1 aliphatic carbocycles. The highest BCUT2D eigenvalue weighted by molar-refractivity contribution is 6.25. The van der Waals surface area contributed by atoms with E-state index in [-0.39, 0.29) is 30.2 Å². The second-order valence-corrected chi connectivity index (χ2v) is 11.4. The number of benzene rings is 4. The number of rotatable bonds is 11. The summed E-state index contributed by atoms with van der Waals surface area (Å²) in [6.45, 7) is 0.790. The standard InChI is InChI=1S/C36H37N3O3/c40-33(22-11-23-38-31-21-10-17-28-16-9-20-30(34(28)31)36(38)42)39(25-27-14-5-2-6-15-27)32(24-26-12-3-1-4-13-26)35(41)37-29-18-7-8-19-29/h1-6,9-10,12-17,20-21,29,32H,7-8,11,18-19,22-25H2,(H,37,41). The van der Waals surface area contributed by atoms with Gasteiger partial charge in [0, 0.05) is 42.9 Å². The maximum absolute atomic E-state index is 14.0. The molecule has 1 aliphatic heterocycles. The first kappa shape index (κ1) is 27.7. The van der Waals surface area contributed by atoms with E-state index in [2.05, 4.69) is 5.32 Å². The third-order valence-corrected chi connectivity index (χ3v) is 8.59. The van der Waals surface area contributed by atoms with E-state index in [4.69, 9.17) is 0 Å². The van der Waals surface area contributed by atoms with Crippen LogP contribution < -0.4 is 10.2 Å². The van der Waals surface area contributed by atoms with E-state index in [1.807, 2.05) is 97.1 Å². The maximum atomic E-state index is 14.0. The molecule has 3 amide bonds. The number of amides is 3. The Bertz CT molecular complexity index is 1560. The molecule has 0 saturated heterocycles. The largest absolute Gasteiger partial charge is 0.352 e. The fourth-order valence-corrected chi connectivity index (χ4v) is 6.43. The van der Waals surface area contributed by atoms with Gasteiger partial charge in [-0.05, 0) is 47.9 Å². The van der Waals surface area contributed by atoms with Gasteiger partial charge in [-0.1, -0.05) is 97.8 Å². The molecule has 1 N–H and O–H groups in total. The number of nitrogens with zero attached hydrogens (tertiary/aromatic N) is 2. The van der Waals surface area contributed by atoms with Gasteiger partial charge in [-0.15, -0.1) is 0 Å². The summed E-state index contributed by atoms with van der Waals surface area (Å²) < 4.78 is 0. The molecular formula is C36H37N3O3. The smallest absolute Gasteiger partial charge is 0.258 e. The zero-order chi connectivity index (χ0) is 28.9. The van der Waals surface area contributed by atoms with E-state index in [9.17, 15) is 14.4 Å². The van der Waals surface area contributed by atoms with E-state index in [1.165, 1.54) is 0 Å². The Kier molecular flexibility index (Phi) is 8.31. The van der Waals surface area contributed by atoms with Crippen molar-refractivity contribution >= 4 is 34.2 Å². The van der Waals surface area contributed by atoms with Gasteiger partial charge in [0.2, 0.25) is 11.8 Å². The molecule has 0 aromatic heterocycles. The van der Waals surface area contributed by atoms with Crippen LogP contribution in [0.15, 0.2) is 97.1 Å². The molecule has 0 radical (unpaired) electrons. The van der Waals surface area contributed by atoms with Crippen molar-refractivity contribution in [1.29, 1.82) is 0 Å². The van der Waals surface area contributed by atoms with E-state index in [1.54, 1.807) is 9.80 Å². The first-order valence-corrected chi connectivity index (χ1v) is 15.1. The van der Waals surface area contributed by atoms with Crippen LogP contribution in [-0.4, -0.2) is 41.2 Å². The number of hydrogen-bond donors (Lipinski definition) is 1. The Morgan fingerprint density at radius 2 is 1.50 bits per heavy atom. The van der Waals surface area contributed by atoms with Crippen molar-refractivity contribution in [2.75, 3.05) is 11.4 Å². The predicted molar refractivity (Wildman–Crippen MR) is 166 cm³/mol. The lowest BCUT2D eigenvalue weighted by atomic mass is 10.0. The van der Waals surface area contributed by atoms with Crippen molar-refractivity contribution in [1.82, 2.24) is 10.2 Å². The van der Waals surface area contributed by atoms with Crippen LogP contribution in [0.5, 0.6) is 0 Å². The molecule has 1 heterocycles. The fourth-order valence-electron chi connectivity index (χ4n) is 6.43. The van der Waals surface area contributed by atoms with Crippen molar-refractivity contribution in [3.8, 4) is 0 Å². The Morgan fingerprint density at radius 1 is 0.833 bits per heavy atom. The molecule has 6 heteroatoms. The zero-order valence-corrected chi connectivity index (χ0v) is 23.9. The van der Waals surface area contributed by atoms with Crippen LogP contribution in [0.4, 0.5) is 5.69 Å². The summed E-state index contributed by atoms with van der Waals surface area (Å²) in [5, 5.41) is 5.29. The third kappa shape index (κ3) is 5.94. The molecule has 1 fully saturated rings. The van der Waals surface area contributed by atoms with Gasteiger partial charge in [-0.3, -0.25) is 14.4 Å². The summed E-state index contributed by atoms with van der Waals surface area (Å²) in [4.78, 5) is 44.7. The van der Waals surface area contributed by atoms with Crippen molar-refractivity contribution in [3.05, 3.63) is 114 Å². The molecule has 2 aliphatic rings. The van der Waals surface area contributed by atoms with Gasteiger partial charge in [0.25, 0.3) is 5.91 Å². The number of anilines is 1. The molecule has 1 saturated carbocycles. The second-order valence-electron chi connectivity index (χ2n) is 11.4. The first-order valence-electron chi connectivity index (χ1n) is 15.1. The van der Waals surface area contributed by atoms with Gasteiger partial charge in [0.15, 0.2) is 0 Å². The molecule has 1 unspecified atom stereocenters. The van der Waals surface area contributed by atoms with E-state index in [0.29, 0.717) is 31.5 Å².